The lowest BCUT2D eigenvalue weighted by molar-refractivity contribution is 0.0149. The Morgan fingerprint density at radius 2 is 1.89 bits per heavy atom. The number of aliphatic hydroxyl groups is 1. The summed E-state index contributed by atoms with van der Waals surface area (Å²) in [5.41, 5.74) is 2.08. The van der Waals surface area contributed by atoms with Gasteiger partial charge < -0.3 is 10.0 Å². The Hall–Kier alpha value is -1.06. The van der Waals surface area contributed by atoms with Crippen LogP contribution in [0.15, 0.2) is 24.3 Å². The second-order valence-corrected chi connectivity index (χ2v) is 5.95. The van der Waals surface area contributed by atoms with Crippen molar-refractivity contribution in [2.45, 2.75) is 32.8 Å². The first-order chi connectivity index (χ1) is 9.00. The minimum absolute atomic E-state index is 0.550. The molecule has 1 heterocycles. The van der Waals surface area contributed by atoms with Gasteiger partial charge in [0.1, 0.15) is 0 Å². The molecule has 1 aromatic rings. The quantitative estimate of drug-likeness (QED) is 0.902. The number of hydrogen-bond acceptors (Lipinski definition) is 3. The molecular formula is C16H26N2O. The topological polar surface area (TPSA) is 26.7 Å². The summed E-state index contributed by atoms with van der Waals surface area (Å²) in [6, 6.07) is 8.69. The molecule has 3 nitrogen and oxygen atoms in total. The van der Waals surface area contributed by atoms with E-state index in [9.17, 15) is 5.11 Å². The molecule has 0 bridgehead atoms. The molecule has 1 aromatic carbocycles. The van der Waals surface area contributed by atoms with E-state index in [2.05, 4.69) is 41.0 Å². The Kier molecular flexibility index (Phi) is 4.48. The second kappa shape index (κ2) is 5.93. The smallest absolute Gasteiger partial charge is 0.0743 e. The molecule has 2 rings (SSSR count). The van der Waals surface area contributed by atoms with Crippen LogP contribution in [0.1, 0.15) is 25.8 Å². The fourth-order valence-electron chi connectivity index (χ4n) is 2.58. The number of rotatable bonds is 4. The third-order valence-electron chi connectivity index (χ3n) is 4.06. The van der Waals surface area contributed by atoms with E-state index in [1.165, 1.54) is 11.3 Å². The van der Waals surface area contributed by atoms with E-state index >= 15 is 0 Å². The van der Waals surface area contributed by atoms with E-state index < -0.39 is 5.60 Å². The normalized spacial score (nSPS) is 20.3. The molecule has 0 spiro atoms. The van der Waals surface area contributed by atoms with Crippen molar-refractivity contribution in [3.8, 4) is 0 Å². The van der Waals surface area contributed by atoms with Gasteiger partial charge in [0.25, 0.3) is 0 Å². The molecule has 0 amide bonds. The summed E-state index contributed by atoms with van der Waals surface area (Å²) >= 11 is 0. The van der Waals surface area contributed by atoms with Crippen LogP contribution in [0, 0.1) is 6.92 Å². The Morgan fingerprint density at radius 1 is 1.21 bits per heavy atom. The minimum atomic E-state index is -0.550. The number of β-amino-alcohol motifs (C(OH)–C–C–N with tert-alkyl or cyclic N) is 1. The van der Waals surface area contributed by atoms with Gasteiger partial charge in [-0.3, -0.25) is 4.90 Å². The first-order valence-corrected chi connectivity index (χ1v) is 7.26. The lowest BCUT2D eigenvalue weighted by atomic mass is 10.0. The molecule has 1 atom stereocenters. The average molecular weight is 262 g/mol. The van der Waals surface area contributed by atoms with Crippen LogP contribution in [-0.2, 0) is 0 Å². The van der Waals surface area contributed by atoms with Gasteiger partial charge in [-0.2, -0.15) is 0 Å². The van der Waals surface area contributed by atoms with Gasteiger partial charge in [0, 0.05) is 38.4 Å². The molecule has 1 aliphatic rings. The molecule has 3 heteroatoms. The van der Waals surface area contributed by atoms with Crippen molar-refractivity contribution in [2.75, 3.05) is 37.6 Å². The number of aryl methyl sites for hydroxylation is 1. The molecule has 19 heavy (non-hydrogen) atoms. The molecule has 1 aliphatic heterocycles. The van der Waals surface area contributed by atoms with E-state index in [4.69, 9.17) is 0 Å². The number of nitrogens with zero attached hydrogens (tertiary/aromatic N) is 2. The third kappa shape index (κ3) is 3.95. The minimum Gasteiger partial charge on any atom is -0.389 e. The summed E-state index contributed by atoms with van der Waals surface area (Å²) in [4.78, 5) is 4.81. The summed E-state index contributed by atoms with van der Waals surface area (Å²) in [5.74, 6) is 0. The van der Waals surface area contributed by atoms with Gasteiger partial charge in [-0.25, -0.2) is 0 Å². The van der Waals surface area contributed by atoms with E-state index in [1.54, 1.807) is 0 Å². The number of anilines is 1. The van der Waals surface area contributed by atoms with Crippen LogP contribution in [0.3, 0.4) is 0 Å². The zero-order chi connectivity index (χ0) is 13.9. The molecule has 0 aromatic heterocycles. The molecule has 0 aliphatic carbocycles. The molecular weight excluding hydrogens is 236 g/mol. The third-order valence-corrected chi connectivity index (χ3v) is 4.06. The summed E-state index contributed by atoms with van der Waals surface area (Å²) < 4.78 is 0. The van der Waals surface area contributed by atoms with Gasteiger partial charge in [-0.1, -0.05) is 19.1 Å². The van der Waals surface area contributed by atoms with Crippen molar-refractivity contribution in [2.24, 2.45) is 0 Å². The Balaban J connectivity index is 1.89. The van der Waals surface area contributed by atoms with Crippen molar-refractivity contribution in [1.29, 1.82) is 0 Å². The standard InChI is InChI=1S/C16H26N2O/c1-4-16(3,19)13-17-8-10-18(11-9-17)15-7-5-6-14(2)12-15/h5-7,12,19H,4,8-11,13H2,1-3H3. The van der Waals surface area contributed by atoms with Crippen LogP contribution in [-0.4, -0.2) is 48.3 Å². The van der Waals surface area contributed by atoms with Crippen LogP contribution >= 0.6 is 0 Å². The predicted octanol–water partition coefficient (Wildman–Crippen LogP) is 2.28. The fourth-order valence-corrected chi connectivity index (χ4v) is 2.58. The van der Waals surface area contributed by atoms with E-state index in [0.29, 0.717) is 0 Å². The van der Waals surface area contributed by atoms with Gasteiger partial charge in [0.15, 0.2) is 0 Å². The highest BCUT2D eigenvalue weighted by atomic mass is 16.3. The first kappa shape index (κ1) is 14.4. The number of hydrogen-bond donors (Lipinski definition) is 1. The lowest BCUT2D eigenvalue weighted by Crippen LogP contribution is -2.51. The van der Waals surface area contributed by atoms with Crippen LogP contribution < -0.4 is 4.90 Å². The Labute approximate surface area is 116 Å². The summed E-state index contributed by atoms with van der Waals surface area (Å²) in [5, 5.41) is 10.1. The monoisotopic (exact) mass is 262 g/mol. The predicted molar refractivity (Wildman–Crippen MR) is 80.7 cm³/mol. The Bertz CT molecular complexity index is 409. The molecule has 1 unspecified atom stereocenters. The summed E-state index contributed by atoms with van der Waals surface area (Å²) in [6.07, 6.45) is 0.811. The maximum absolute atomic E-state index is 10.1. The van der Waals surface area contributed by atoms with Crippen LogP contribution in [0.2, 0.25) is 0 Å². The SMILES string of the molecule is CCC(C)(O)CN1CCN(c2cccc(C)c2)CC1. The van der Waals surface area contributed by atoms with Crippen molar-refractivity contribution >= 4 is 5.69 Å². The average Bonchev–Trinajstić information content (AvgIpc) is 2.39. The van der Waals surface area contributed by atoms with E-state index in [1.807, 2.05) is 13.8 Å². The van der Waals surface area contributed by atoms with Crippen molar-refractivity contribution < 1.29 is 5.11 Å². The van der Waals surface area contributed by atoms with Crippen molar-refractivity contribution in [1.82, 2.24) is 4.90 Å². The maximum atomic E-state index is 10.1. The molecule has 1 N–H and O–H groups in total. The summed E-state index contributed by atoms with van der Waals surface area (Å²) in [6.45, 7) is 11.0. The van der Waals surface area contributed by atoms with Gasteiger partial charge in [-0.05, 0) is 38.0 Å². The highest BCUT2D eigenvalue weighted by Crippen LogP contribution is 2.19. The summed E-state index contributed by atoms with van der Waals surface area (Å²) in [7, 11) is 0. The fraction of sp³-hybridized carbons (Fsp3) is 0.625. The lowest BCUT2D eigenvalue weighted by Gasteiger charge is -2.39. The highest BCUT2D eigenvalue weighted by Gasteiger charge is 2.24. The van der Waals surface area contributed by atoms with Crippen LogP contribution in [0.4, 0.5) is 5.69 Å². The van der Waals surface area contributed by atoms with Crippen molar-refractivity contribution in [3.05, 3.63) is 29.8 Å². The van der Waals surface area contributed by atoms with Gasteiger partial charge in [0.05, 0.1) is 5.60 Å². The van der Waals surface area contributed by atoms with Crippen molar-refractivity contribution in [3.63, 3.8) is 0 Å². The van der Waals surface area contributed by atoms with Gasteiger partial charge in [0.2, 0.25) is 0 Å². The maximum Gasteiger partial charge on any atom is 0.0743 e. The highest BCUT2D eigenvalue weighted by molar-refractivity contribution is 5.48. The Morgan fingerprint density at radius 3 is 2.47 bits per heavy atom. The molecule has 0 saturated carbocycles. The van der Waals surface area contributed by atoms with E-state index in [0.717, 1.165) is 39.1 Å². The van der Waals surface area contributed by atoms with Crippen LogP contribution in [0.5, 0.6) is 0 Å². The van der Waals surface area contributed by atoms with E-state index in [-0.39, 0.29) is 0 Å². The van der Waals surface area contributed by atoms with Gasteiger partial charge >= 0.3 is 0 Å². The molecule has 0 radical (unpaired) electrons. The number of piperazine rings is 1. The molecule has 106 valence electrons. The van der Waals surface area contributed by atoms with Crippen LogP contribution in [0.25, 0.3) is 0 Å². The number of benzene rings is 1. The second-order valence-electron chi connectivity index (χ2n) is 5.95. The zero-order valence-corrected chi connectivity index (χ0v) is 12.4. The first-order valence-electron chi connectivity index (χ1n) is 7.26. The molecule has 1 fully saturated rings. The molecule has 1 saturated heterocycles. The zero-order valence-electron chi connectivity index (χ0n) is 12.4. The largest absolute Gasteiger partial charge is 0.389 e. The van der Waals surface area contributed by atoms with Gasteiger partial charge in [-0.15, -0.1) is 0 Å².